The molecule has 0 bridgehead atoms. The van der Waals surface area contributed by atoms with Crippen molar-refractivity contribution in [1.82, 2.24) is 14.9 Å². The quantitative estimate of drug-likeness (QED) is 0.696. The molecule has 1 N–H and O–H groups in total. The van der Waals surface area contributed by atoms with Gasteiger partial charge < -0.3 is 19.4 Å². The van der Waals surface area contributed by atoms with Gasteiger partial charge in [0.05, 0.1) is 7.11 Å². The van der Waals surface area contributed by atoms with Gasteiger partial charge in [0, 0.05) is 25.0 Å². The Labute approximate surface area is 156 Å². The van der Waals surface area contributed by atoms with E-state index in [1.165, 1.54) is 13.2 Å². The Balaban J connectivity index is 1.77. The predicted octanol–water partition coefficient (Wildman–Crippen LogP) is 2.85. The van der Waals surface area contributed by atoms with Crippen molar-refractivity contribution in [3.63, 3.8) is 0 Å². The standard InChI is InChI=1S/C20H20FN3O3/c1-24-12-11-22-20(24)19(14-7-3-4-8-15(14)21)23-18(25)13-27-17-10-6-5-9-16(17)26-2/h3-12,19H,13H2,1-2H3,(H,23,25). The maximum atomic E-state index is 14.3. The maximum absolute atomic E-state index is 14.3. The first kappa shape index (κ1) is 18.4. The smallest absolute Gasteiger partial charge is 0.258 e. The van der Waals surface area contributed by atoms with Gasteiger partial charge in [0.15, 0.2) is 18.1 Å². The van der Waals surface area contributed by atoms with Crippen LogP contribution in [0, 0.1) is 5.82 Å². The maximum Gasteiger partial charge on any atom is 0.258 e. The lowest BCUT2D eigenvalue weighted by atomic mass is 10.1. The van der Waals surface area contributed by atoms with Crippen LogP contribution in [0.4, 0.5) is 4.39 Å². The average molecular weight is 369 g/mol. The number of benzene rings is 2. The van der Waals surface area contributed by atoms with Crippen molar-refractivity contribution in [2.24, 2.45) is 7.05 Å². The number of hydrogen-bond acceptors (Lipinski definition) is 4. The summed E-state index contributed by atoms with van der Waals surface area (Å²) in [5.41, 5.74) is 0.331. The van der Waals surface area contributed by atoms with Crippen LogP contribution in [0.2, 0.25) is 0 Å². The molecule has 7 heteroatoms. The number of imidazole rings is 1. The number of rotatable bonds is 7. The number of carbonyl (C=O) groups is 1. The second-order valence-electron chi connectivity index (χ2n) is 5.86. The lowest BCUT2D eigenvalue weighted by molar-refractivity contribution is -0.123. The van der Waals surface area contributed by atoms with E-state index in [2.05, 4.69) is 10.3 Å². The summed E-state index contributed by atoms with van der Waals surface area (Å²) in [6.45, 7) is -0.240. The number of halogens is 1. The highest BCUT2D eigenvalue weighted by Gasteiger charge is 2.23. The van der Waals surface area contributed by atoms with E-state index in [0.717, 1.165) is 0 Å². The molecule has 0 fully saturated rings. The highest BCUT2D eigenvalue weighted by Crippen LogP contribution is 2.26. The van der Waals surface area contributed by atoms with Crippen LogP contribution in [-0.4, -0.2) is 29.2 Å². The van der Waals surface area contributed by atoms with Crippen molar-refractivity contribution in [2.75, 3.05) is 13.7 Å². The normalized spacial score (nSPS) is 11.7. The summed E-state index contributed by atoms with van der Waals surface area (Å²) in [6.07, 6.45) is 3.33. The van der Waals surface area contributed by atoms with Crippen LogP contribution in [-0.2, 0) is 11.8 Å². The molecule has 0 saturated carbocycles. The van der Waals surface area contributed by atoms with Gasteiger partial charge in [0.25, 0.3) is 5.91 Å². The Bertz CT molecular complexity index is 926. The van der Waals surface area contributed by atoms with Crippen LogP contribution in [0.1, 0.15) is 17.4 Å². The number of carbonyl (C=O) groups excluding carboxylic acids is 1. The zero-order valence-corrected chi connectivity index (χ0v) is 15.1. The van der Waals surface area contributed by atoms with Gasteiger partial charge in [-0.1, -0.05) is 30.3 Å². The third kappa shape index (κ3) is 4.25. The number of methoxy groups -OCH3 is 1. The van der Waals surface area contributed by atoms with E-state index in [-0.39, 0.29) is 6.61 Å². The number of para-hydroxylation sites is 2. The van der Waals surface area contributed by atoms with Crippen molar-refractivity contribution in [2.45, 2.75) is 6.04 Å². The molecule has 0 aliphatic carbocycles. The number of aryl methyl sites for hydroxylation is 1. The Kier molecular flexibility index (Phi) is 5.71. The number of ether oxygens (including phenoxy) is 2. The summed E-state index contributed by atoms with van der Waals surface area (Å²) < 4.78 is 26.8. The van der Waals surface area contributed by atoms with Crippen molar-refractivity contribution in [3.8, 4) is 11.5 Å². The fourth-order valence-corrected chi connectivity index (χ4v) is 2.73. The zero-order valence-electron chi connectivity index (χ0n) is 15.1. The number of amides is 1. The molecule has 140 valence electrons. The van der Waals surface area contributed by atoms with Gasteiger partial charge in [-0.2, -0.15) is 0 Å². The van der Waals surface area contributed by atoms with Gasteiger partial charge >= 0.3 is 0 Å². The zero-order chi connectivity index (χ0) is 19.2. The van der Waals surface area contributed by atoms with Crippen LogP contribution < -0.4 is 14.8 Å². The summed E-state index contributed by atoms with van der Waals surface area (Å²) in [5.74, 6) is 0.675. The molecule has 0 radical (unpaired) electrons. The summed E-state index contributed by atoms with van der Waals surface area (Å²) >= 11 is 0. The summed E-state index contributed by atoms with van der Waals surface area (Å²) in [6, 6.07) is 12.6. The number of aromatic nitrogens is 2. The Morgan fingerprint density at radius 1 is 1.19 bits per heavy atom. The minimum atomic E-state index is -0.736. The molecule has 27 heavy (non-hydrogen) atoms. The molecule has 1 atom stereocenters. The molecule has 0 spiro atoms. The molecule has 2 aromatic carbocycles. The Morgan fingerprint density at radius 2 is 1.89 bits per heavy atom. The molecule has 1 aromatic heterocycles. The van der Waals surface area contributed by atoms with Crippen LogP contribution in [0.25, 0.3) is 0 Å². The first-order valence-electron chi connectivity index (χ1n) is 8.37. The topological polar surface area (TPSA) is 65.4 Å². The molecule has 0 aliphatic rings. The van der Waals surface area contributed by atoms with Crippen molar-refractivity contribution < 1.29 is 18.7 Å². The average Bonchev–Trinajstić information content (AvgIpc) is 3.11. The van der Waals surface area contributed by atoms with Crippen molar-refractivity contribution in [1.29, 1.82) is 0 Å². The SMILES string of the molecule is COc1ccccc1OCC(=O)NC(c1ccccc1F)c1nccn1C. The third-order valence-corrected chi connectivity index (χ3v) is 4.07. The van der Waals surface area contributed by atoms with Gasteiger partial charge in [-0.3, -0.25) is 4.79 Å². The molecule has 1 heterocycles. The molecular formula is C20H20FN3O3. The van der Waals surface area contributed by atoms with Gasteiger partial charge in [-0.05, 0) is 18.2 Å². The third-order valence-electron chi connectivity index (χ3n) is 4.07. The second kappa shape index (κ2) is 8.35. The summed E-state index contributed by atoms with van der Waals surface area (Å²) in [5, 5.41) is 2.80. The molecule has 0 saturated heterocycles. The lowest BCUT2D eigenvalue weighted by Crippen LogP contribution is -2.35. The molecule has 1 amide bonds. The fraction of sp³-hybridized carbons (Fsp3) is 0.200. The number of nitrogens with zero attached hydrogens (tertiary/aromatic N) is 2. The number of hydrogen-bond donors (Lipinski definition) is 1. The molecule has 6 nitrogen and oxygen atoms in total. The van der Waals surface area contributed by atoms with Crippen molar-refractivity contribution in [3.05, 3.63) is 78.1 Å². The van der Waals surface area contributed by atoms with Gasteiger partial charge in [0.2, 0.25) is 0 Å². The Hall–Kier alpha value is -3.35. The van der Waals surface area contributed by atoms with Crippen LogP contribution >= 0.6 is 0 Å². The van der Waals surface area contributed by atoms with E-state index in [4.69, 9.17) is 9.47 Å². The minimum Gasteiger partial charge on any atom is -0.493 e. The fourth-order valence-electron chi connectivity index (χ4n) is 2.73. The molecule has 0 aliphatic heterocycles. The lowest BCUT2D eigenvalue weighted by Gasteiger charge is -2.20. The summed E-state index contributed by atoms with van der Waals surface area (Å²) in [4.78, 5) is 16.7. The molecular weight excluding hydrogens is 349 g/mol. The van der Waals surface area contributed by atoms with Crippen LogP contribution in [0.15, 0.2) is 60.9 Å². The van der Waals surface area contributed by atoms with E-state index in [0.29, 0.717) is 22.9 Å². The first-order chi connectivity index (χ1) is 13.1. The van der Waals surface area contributed by atoms with E-state index in [1.54, 1.807) is 66.5 Å². The largest absolute Gasteiger partial charge is 0.493 e. The van der Waals surface area contributed by atoms with E-state index in [1.807, 2.05) is 0 Å². The van der Waals surface area contributed by atoms with Crippen LogP contribution in [0.5, 0.6) is 11.5 Å². The van der Waals surface area contributed by atoms with Crippen molar-refractivity contribution >= 4 is 5.91 Å². The Morgan fingerprint density at radius 3 is 2.56 bits per heavy atom. The molecule has 1 unspecified atom stereocenters. The number of nitrogens with one attached hydrogen (secondary N) is 1. The monoisotopic (exact) mass is 369 g/mol. The molecule has 3 aromatic rings. The van der Waals surface area contributed by atoms with Gasteiger partial charge in [-0.25, -0.2) is 9.37 Å². The van der Waals surface area contributed by atoms with Gasteiger partial charge in [-0.15, -0.1) is 0 Å². The van der Waals surface area contributed by atoms with E-state index in [9.17, 15) is 9.18 Å². The molecule has 3 rings (SSSR count). The van der Waals surface area contributed by atoms with Crippen LogP contribution in [0.3, 0.4) is 0 Å². The van der Waals surface area contributed by atoms with E-state index < -0.39 is 17.8 Å². The predicted molar refractivity (Wildman–Crippen MR) is 98.1 cm³/mol. The highest BCUT2D eigenvalue weighted by atomic mass is 19.1. The summed E-state index contributed by atoms with van der Waals surface area (Å²) in [7, 11) is 3.31. The van der Waals surface area contributed by atoms with E-state index >= 15 is 0 Å². The minimum absolute atomic E-state index is 0.240. The first-order valence-corrected chi connectivity index (χ1v) is 8.37. The second-order valence-corrected chi connectivity index (χ2v) is 5.86. The van der Waals surface area contributed by atoms with Gasteiger partial charge in [0.1, 0.15) is 17.7 Å². The highest BCUT2D eigenvalue weighted by molar-refractivity contribution is 5.78.